The Morgan fingerprint density at radius 3 is 2.74 bits per heavy atom. The van der Waals surface area contributed by atoms with Gasteiger partial charge in [-0.3, -0.25) is 9.48 Å². The molecule has 1 saturated carbocycles. The quantitative estimate of drug-likeness (QED) is 0.805. The Kier molecular flexibility index (Phi) is 5.01. The number of hydrogen-bond donors (Lipinski definition) is 1. The number of rotatable bonds is 8. The van der Waals surface area contributed by atoms with Crippen LogP contribution in [0, 0.1) is 5.41 Å². The zero-order chi connectivity index (χ0) is 16.1. The standard InChI is InChI=1S/C18H22ClN3O/c19-16-7-5-15(6-8-16)3-1-4-17(23)20-13-18(9-10-18)14-22-12-2-11-21-22/h2,5-8,11-12H,1,3-4,9-10,13-14H2,(H,20,23). The molecule has 1 fully saturated rings. The fourth-order valence-electron chi connectivity index (χ4n) is 2.78. The van der Waals surface area contributed by atoms with Crippen LogP contribution in [-0.4, -0.2) is 22.2 Å². The van der Waals surface area contributed by atoms with Crippen LogP contribution in [0.4, 0.5) is 0 Å². The maximum atomic E-state index is 12.0. The number of benzene rings is 1. The molecule has 23 heavy (non-hydrogen) atoms. The van der Waals surface area contributed by atoms with Gasteiger partial charge in [0.15, 0.2) is 0 Å². The lowest BCUT2D eigenvalue weighted by Gasteiger charge is -2.16. The third-order valence-corrected chi connectivity index (χ3v) is 4.71. The van der Waals surface area contributed by atoms with Crippen LogP contribution in [0.25, 0.3) is 0 Å². The Hall–Kier alpha value is -1.81. The van der Waals surface area contributed by atoms with Gasteiger partial charge in [0.2, 0.25) is 5.91 Å². The maximum absolute atomic E-state index is 12.0. The summed E-state index contributed by atoms with van der Waals surface area (Å²) < 4.78 is 1.96. The van der Waals surface area contributed by atoms with Gasteiger partial charge in [0.05, 0.1) is 0 Å². The first-order chi connectivity index (χ1) is 11.2. The highest BCUT2D eigenvalue weighted by Crippen LogP contribution is 2.46. The molecule has 0 aliphatic heterocycles. The Bertz CT molecular complexity index is 633. The van der Waals surface area contributed by atoms with E-state index in [2.05, 4.69) is 10.4 Å². The molecule has 0 saturated heterocycles. The van der Waals surface area contributed by atoms with Crippen LogP contribution in [0.3, 0.4) is 0 Å². The predicted molar refractivity (Wildman–Crippen MR) is 91.3 cm³/mol. The lowest BCUT2D eigenvalue weighted by Crippen LogP contribution is -2.32. The summed E-state index contributed by atoms with van der Waals surface area (Å²) in [6.07, 6.45) is 8.44. The fraction of sp³-hybridized carbons (Fsp3) is 0.444. The van der Waals surface area contributed by atoms with Crippen molar-refractivity contribution < 1.29 is 4.79 Å². The highest BCUT2D eigenvalue weighted by atomic mass is 35.5. The topological polar surface area (TPSA) is 46.9 Å². The van der Waals surface area contributed by atoms with Gasteiger partial charge in [-0.25, -0.2) is 0 Å². The van der Waals surface area contributed by atoms with Crippen molar-refractivity contribution in [2.45, 2.75) is 38.6 Å². The molecule has 1 heterocycles. The zero-order valence-electron chi connectivity index (χ0n) is 13.2. The van der Waals surface area contributed by atoms with E-state index in [1.807, 2.05) is 41.2 Å². The monoisotopic (exact) mass is 331 g/mol. The van der Waals surface area contributed by atoms with Crippen molar-refractivity contribution in [3.63, 3.8) is 0 Å². The Morgan fingerprint density at radius 1 is 1.30 bits per heavy atom. The number of aromatic nitrogens is 2. The molecular formula is C18H22ClN3O. The summed E-state index contributed by atoms with van der Waals surface area (Å²) in [5.41, 5.74) is 1.44. The highest BCUT2D eigenvalue weighted by molar-refractivity contribution is 6.30. The Labute approximate surface area is 141 Å². The first-order valence-corrected chi connectivity index (χ1v) is 8.52. The number of amides is 1. The molecule has 0 radical (unpaired) electrons. The summed E-state index contributed by atoms with van der Waals surface area (Å²) in [4.78, 5) is 12.0. The van der Waals surface area contributed by atoms with E-state index in [9.17, 15) is 4.79 Å². The van der Waals surface area contributed by atoms with Crippen LogP contribution in [-0.2, 0) is 17.8 Å². The molecule has 1 aromatic heterocycles. The predicted octanol–water partition coefficient (Wildman–Crippen LogP) is 3.46. The third-order valence-electron chi connectivity index (χ3n) is 4.46. The molecule has 122 valence electrons. The van der Waals surface area contributed by atoms with Gasteiger partial charge in [0.1, 0.15) is 0 Å². The molecule has 1 amide bonds. The average molecular weight is 332 g/mol. The number of aryl methyl sites for hydroxylation is 1. The number of halogens is 1. The second-order valence-corrected chi connectivity index (χ2v) is 6.90. The van der Waals surface area contributed by atoms with Crippen LogP contribution >= 0.6 is 11.6 Å². The minimum Gasteiger partial charge on any atom is -0.355 e. The number of hydrogen-bond acceptors (Lipinski definition) is 2. The summed E-state index contributed by atoms with van der Waals surface area (Å²) in [6.45, 7) is 1.65. The van der Waals surface area contributed by atoms with E-state index < -0.39 is 0 Å². The molecule has 0 unspecified atom stereocenters. The maximum Gasteiger partial charge on any atom is 0.220 e. The summed E-state index contributed by atoms with van der Waals surface area (Å²) >= 11 is 5.87. The first-order valence-electron chi connectivity index (χ1n) is 8.14. The molecule has 2 aromatic rings. The average Bonchev–Trinajstić information content (AvgIpc) is 3.11. The van der Waals surface area contributed by atoms with Crippen molar-refractivity contribution in [2.24, 2.45) is 5.41 Å². The van der Waals surface area contributed by atoms with E-state index in [0.29, 0.717) is 6.42 Å². The van der Waals surface area contributed by atoms with E-state index in [4.69, 9.17) is 11.6 Å². The van der Waals surface area contributed by atoms with E-state index in [1.54, 1.807) is 6.20 Å². The molecule has 3 rings (SSSR count). The van der Waals surface area contributed by atoms with Gasteiger partial charge < -0.3 is 5.32 Å². The molecule has 0 atom stereocenters. The summed E-state index contributed by atoms with van der Waals surface area (Å²) in [5.74, 6) is 0.144. The molecule has 5 heteroatoms. The number of nitrogens with zero attached hydrogens (tertiary/aromatic N) is 2. The second-order valence-electron chi connectivity index (χ2n) is 6.46. The smallest absolute Gasteiger partial charge is 0.220 e. The molecule has 1 aliphatic carbocycles. The second kappa shape index (κ2) is 7.18. The van der Waals surface area contributed by atoms with Gasteiger partial charge in [-0.1, -0.05) is 23.7 Å². The molecule has 0 bridgehead atoms. The normalized spacial score (nSPS) is 15.3. The van der Waals surface area contributed by atoms with E-state index in [1.165, 1.54) is 5.56 Å². The van der Waals surface area contributed by atoms with Crippen molar-refractivity contribution >= 4 is 17.5 Å². The summed E-state index contributed by atoms with van der Waals surface area (Å²) in [5, 5.41) is 8.09. The number of nitrogens with one attached hydrogen (secondary N) is 1. The summed E-state index contributed by atoms with van der Waals surface area (Å²) in [6, 6.07) is 9.75. The Morgan fingerprint density at radius 2 is 2.09 bits per heavy atom. The van der Waals surface area contributed by atoms with Gasteiger partial charge in [-0.15, -0.1) is 0 Å². The number of carbonyl (C=O) groups excluding carboxylic acids is 1. The molecule has 1 N–H and O–H groups in total. The molecule has 0 spiro atoms. The van der Waals surface area contributed by atoms with Gasteiger partial charge in [0.25, 0.3) is 0 Å². The summed E-state index contributed by atoms with van der Waals surface area (Å²) in [7, 11) is 0. The largest absolute Gasteiger partial charge is 0.355 e. The van der Waals surface area contributed by atoms with E-state index >= 15 is 0 Å². The minimum atomic E-state index is 0.144. The van der Waals surface area contributed by atoms with Crippen molar-refractivity contribution in [1.29, 1.82) is 0 Å². The van der Waals surface area contributed by atoms with Crippen LogP contribution in [0.15, 0.2) is 42.7 Å². The molecule has 1 aromatic carbocycles. The lowest BCUT2D eigenvalue weighted by molar-refractivity contribution is -0.121. The van der Waals surface area contributed by atoms with E-state index in [-0.39, 0.29) is 11.3 Å². The van der Waals surface area contributed by atoms with Crippen LogP contribution < -0.4 is 5.32 Å². The van der Waals surface area contributed by atoms with Crippen LogP contribution in [0.2, 0.25) is 5.02 Å². The van der Waals surface area contributed by atoms with Gasteiger partial charge in [0, 0.05) is 42.3 Å². The van der Waals surface area contributed by atoms with Gasteiger partial charge in [-0.05, 0) is 49.4 Å². The van der Waals surface area contributed by atoms with Gasteiger partial charge in [-0.2, -0.15) is 5.10 Å². The highest BCUT2D eigenvalue weighted by Gasteiger charge is 2.43. The SMILES string of the molecule is O=C(CCCc1ccc(Cl)cc1)NCC1(Cn2cccn2)CC1. The van der Waals surface area contributed by atoms with Crippen LogP contribution in [0.1, 0.15) is 31.2 Å². The minimum absolute atomic E-state index is 0.144. The van der Waals surface area contributed by atoms with Crippen LogP contribution in [0.5, 0.6) is 0 Å². The molecule has 1 aliphatic rings. The lowest BCUT2D eigenvalue weighted by atomic mass is 10.1. The fourth-order valence-corrected chi connectivity index (χ4v) is 2.91. The molecule has 4 nitrogen and oxygen atoms in total. The van der Waals surface area contributed by atoms with E-state index in [0.717, 1.165) is 43.8 Å². The van der Waals surface area contributed by atoms with Crippen molar-refractivity contribution in [1.82, 2.24) is 15.1 Å². The number of carbonyl (C=O) groups is 1. The third kappa shape index (κ3) is 4.83. The molecular weight excluding hydrogens is 310 g/mol. The van der Waals surface area contributed by atoms with Crippen molar-refractivity contribution in [3.8, 4) is 0 Å². The Balaban J connectivity index is 1.36. The van der Waals surface area contributed by atoms with Crippen molar-refractivity contribution in [2.75, 3.05) is 6.54 Å². The van der Waals surface area contributed by atoms with Gasteiger partial charge >= 0.3 is 0 Å². The zero-order valence-corrected chi connectivity index (χ0v) is 13.9. The first kappa shape index (κ1) is 16.1. The van der Waals surface area contributed by atoms with Crippen molar-refractivity contribution in [3.05, 3.63) is 53.3 Å².